The Balaban J connectivity index is 1.81. The van der Waals surface area contributed by atoms with Crippen LogP contribution in [0.3, 0.4) is 0 Å². The number of halogens is 1. The molecule has 1 fully saturated rings. The first kappa shape index (κ1) is 12.6. The number of carbonyl (C=O) groups is 1. The van der Waals surface area contributed by atoms with Crippen molar-refractivity contribution in [1.29, 1.82) is 0 Å². The van der Waals surface area contributed by atoms with Gasteiger partial charge in [-0.2, -0.15) is 0 Å². The van der Waals surface area contributed by atoms with Crippen LogP contribution in [0.1, 0.15) is 12.8 Å². The number of hydrogen-bond donors (Lipinski definition) is 3. The van der Waals surface area contributed by atoms with Crippen molar-refractivity contribution in [2.75, 3.05) is 18.5 Å². The zero-order valence-electron chi connectivity index (χ0n) is 9.37. The minimum atomic E-state index is -0.216. The SMILES string of the molecule is O=C(NCC1(CO)CC1)Nc1cccc(I)c1. The second kappa shape index (κ2) is 5.22. The predicted molar refractivity (Wildman–Crippen MR) is 74.9 cm³/mol. The van der Waals surface area contributed by atoms with Gasteiger partial charge in [0.15, 0.2) is 0 Å². The first-order valence-electron chi connectivity index (χ1n) is 5.55. The average molecular weight is 346 g/mol. The number of aliphatic hydroxyl groups is 1. The van der Waals surface area contributed by atoms with Gasteiger partial charge in [-0.3, -0.25) is 0 Å². The summed E-state index contributed by atoms with van der Waals surface area (Å²) in [7, 11) is 0. The molecule has 0 unspecified atom stereocenters. The zero-order valence-corrected chi connectivity index (χ0v) is 11.5. The molecule has 92 valence electrons. The number of hydrogen-bond acceptors (Lipinski definition) is 2. The van der Waals surface area contributed by atoms with Gasteiger partial charge in [0, 0.05) is 21.2 Å². The van der Waals surface area contributed by atoms with Crippen molar-refractivity contribution in [3.63, 3.8) is 0 Å². The van der Waals surface area contributed by atoms with Crippen LogP contribution in [0.2, 0.25) is 0 Å². The van der Waals surface area contributed by atoms with Gasteiger partial charge < -0.3 is 15.7 Å². The average Bonchev–Trinajstić information content (AvgIpc) is 3.07. The summed E-state index contributed by atoms with van der Waals surface area (Å²) >= 11 is 2.20. The molecule has 1 aromatic rings. The Morgan fingerprint density at radius 3 is 2.82 bits per heavy atom. The third-order valence-corrected chi connectivity index (χ3v) is 3.67. The van der Waals surface area contributed by atoms with Crippen molar-refractivity contribution in [1.82, 2.24) is 5.32 Å². The Morgan fingerprint density at radius 2 is 2.24 bits per heavy atom. The molecule has 1 aliphatic rings. The van der Waals surface area contributed by atoms with Crippen LogP contribution in [0.15, 0.2) is 24.3 Å². The lowest BCUT2D eigenvalue weighted by molar-refractivity contribution is 0.206. The molecule has 2 rings (SSSR count). The maximum absolute atomic E-state index is 11.6. The van der Waals surface area contributed by atoms with Crippen molar-refractivity contribution in [3.05, 3.63) is 27.8 Å². The predicted octanol–water partition coefficient (Wildman–Crippen LogP) is 2.19. The maximum Gasteiger partial charge on any atom is 0.319 e. The van der Waals surface area contributed by atoms with Crippen molar-refractivity contribution < 1.29 is 9.90 Å². The Kier molecular flexibility index (Phi) is 3.88. The molecule has 0 aromatic heterocycles. The number of rotatable bonds is 4. The Labute approximate surface area is 114 Å². The molecule has 2 amide bonds. The lowest BCUT2D eigenvalue weighted by atomic mass is 10.1. The fraction of sp³-hybridized carbons (Fsp3) is 0.417. The summed E-state index contributed by atoms with van der Waals surface area (Å²) in [6.45, 7) is 0.690. The van der Waals surface area contributed by atoms with Gasteiger partial charge in [0.2, 0.25) is 0 Å². The molecule has 0 saturated heterocycles. The van der Waals surface area contributed by atoms with E-state index in [1.54, 1.807) is 0 Å². The molecule has 17 heavy (non-hydrogen) atoms. The van der Waals surface area contributed by atoms with Gasteiger partial charge in [-0.15, -0.1) is 0 Å². The molecular formula is C12H15IN2O2. The quantitative estimate of drug-likeness (QED) is 0.732. The topological polar surface area (TPSA) is 61.4 Å². The molecule has 0 atom stereocenters. The summed E-state index contributed by atoms with van der Waals surface area (Å²) in [5.74, 6) is 0. The smallest absolute Gasteiger partial charge is 0.319 e. The lowest BCUT2D eigenvalue weighted by Gasteiger charge is -2.13. The summed E-state index contributed by atoms with van der Waals surface area (Å²) in [5.41, 5.74) is 0.728. The molecule has 0 heterocycles. The summed E-state index contributed by atoms with van der Waals surface area (Å²) < 4.78 is 1.08. The number of aliphatic hydroxyl groups excluding tert-OH is 1. The highest BCUT2D eigenvalue weighted by Crippen LogP contribution is 2.44. The molecular weight excluding hydrogens is 331 g/mol. The minimum Gasteiger partial charge on any atom is -0.396 e. The Bertz CT molecular complexity index is 419. The minimum absolute atomic E-state index is 0.0531. The number of urea groups is 1. The summed E-state index contributed by atoms with van der Waals surface area (Å²) in [6, 6.07) is 7.40. The van der Waals surface area contributed by atoms with E-state index >= 15 is 0 Å². The van der Waals surface area contributed by atoms with Crippen LogP contribution < -0.4 is 10.6 Å². The number of nitrogens with one attached hydrogen (secondary N) is 2. The van der Waals surface area contributed by atoms with E-state index in [9.17, 15) is 4.79 Å². The van der Waals surface area contributed by atoms with E-state index in [4.69, 9.17) is 5.11 Å². The van der Waals surface area contributed by atoms with E-state index in [-0.39, 0.29) is 18.1 Å². The van der Waals surface area contributed by atoms with Crippen LogP contribution in [0.4, 0.5) is 10.5 Å². The fourth-order valence-corrected chi connectivity index (χ4v) is 2.12. The van der Waals surface area contributed by atoms with Gasteiger partial charge >= 0.3 is 6.03 Å². The monoisotopic (exact) mass is 346 g/mol. The maximum atomic E-state index is 11.6. The number of anilines is 1. The van der Waals surface area contributed by atoms with Crippen LogP contribution in [0, 0.1) is 8.99 Å². The molecule has 0 aliphatic heterocycles. The van der Waals surface area contributed by atoms with Crippen molar-refractivity contribution >= 4 is 34.3 Å². The highest BCUT2D eigenvalue weighted by molar-refractivity contribution is 14.1. The van der Waals surface area contributed by atoms with E-state index in [2.05, 4.69) is 33.2 Å². The second-order valence-corrected chi connectivity index (χ2v) is 5.72. The van der Waals surface area contributed by atoms with Gasteiger partial charge in [-0.25, -0.2) is 4.79 Å². The lowest BCUT2D eigenvalue weighted by Crippen LogP contribution is -2.35. The van der Waals surface area contributed by atoms with Crippen LogP contribution in [0.25, 0.3) is 0 Å². The van der Waals surface area contributed by atoms with Gasteiger partial charge in [-0.05, 0) is 53.6 Å². The Hall–Kier alpha value is -0.820. The Morgan fingerprint density at radius 1 is 1.47 bits per heavy atom. The van der Waals surface area contributed by atoms with Crippen LogP contribution >= 0.6 is 22.6 Å². The van der Waals surface area contributed by atoms with Gasteiger partial charge in [-0.1, -0.05) is 6.07 Å². The highest BCUT2D eigenvalue weighted by atomic mass is 127. The van der Waals surface area contributed by atoms with E-state index in [1.807, 2.05) is 24.3 Å². The van der Waals surface area contributed by atoms with Gasteiger partial charge in [0.25, 0.3) is 0 Å². The molecule has 0 bridgehead atoms. The zero-order chi connectivity index (χ0) is 12.3. The molecule has 4 nitrogen and oxygen atoms in total. The fourth-order valence-electron chi connectivity index (χ4n) is 1.58. The summed E-state index contributed by atoms with van der Waals surface area (Å²) in [4.78, 5) is 11.6. The first-order valence-corrected chi connectivity index (χ1v) is 6.63. The normalized spacial score (nSPS) is 16.4. The van der Waals surface area contributed by atoms with Crippen LogP contribution in [-0.4, -0.2) is 24.3 Å². The first-order chi connectivity index (χ1) is 8.13. The molecule has 5 heteroatoms. The largest absolute Gasteiger partial charge is 0.396 e. The van der Waals surface area contributed by atoms with E-state index in [0.29, 0.717) is 6.54 Å². The molecule has 0 radical (unpaired) electrons. The number of carbonyl (C=O) groups excluding carboxylic acids is 1. The van der Waals surface area contributed by atoms with E-state index in [0.717, 1.165) is 22.1 Å². The molecule has 0 spiro atoms. The van der Waals surface area contributed by atoms with Gasteiger partial charge in [0.1, 0.15) is 0 Å². The second-order valence-electron chi connectivity index (χ2n) is 4.48. The van der Waals surface area contributed by atoms with Gasteiger partial charge in [0.05, 0.1) is 6.61 Å². The van der Waals surface area contributed by atoms with E-state index in [1.165, 1.54) is 0 Å². The molecule has 3 N–H and O–H groups in total. The number of benzene rings is 1. The standard InChI is InChI=1S/C12H15IN2O2/c13-9-2-1-3-10(6-9)15-11(17)14-7-12(8-16)4-5-12/h1-3,6,16H,4-5,7-8H2,(H2,14,15,17). The third-order valence-electron chi connectivity index (χ3n) is 3.00. The van der Waals surface area contributed by atoms with Crippen molar-refractivity contribution in [2.45, 2.75) is 12.8 Å². The summed E-state index contributed by atoms with van der Waals surface area (Å²) in [5, 5.41) is 14.7. The molecule has 1 saturated carbocycles. The number of amides is 2. The third kappa shape index (κ3) is 3.57. The van der Waals surface area contributed by atoms with Crippen molar-refractivity contribution in [3.8, 4) is 0 Å². The highest BCUT2D eigenvalue weighted by Gasteiger charge is 2.42. The van der Waals surface area contributed by atoms with Crippen LogP contribution in [-0.2, 0) is 0 Å². The van der Waals surface area contributed by atoms with Crippen LogP contribution in [0.5, 0.6) is 0 Å². The molecule has 1 aromatic carbocycles. The molecule has 1 aliphatic carbocycles. The van der Waals surface area contributed by atoms with E-state index < -0.39 is 0 Å². The summed E-state index contributed by atoms with van der Waals surface area (Å²) in [6.07, 6.45) is 1.99. The van der Waals surface area contributed by atoms with Crippen molar-refractivity contribution in [2.24, 2.45) is 5.41 Å².